The second kappa shape index (κ2) is 7.68. The van der Waals surface area contributed by atoms with Gasteiger partial charge in [-0.1, -0.05) is 41.9 Å². The Morgan fingerprint density at radius 3 is 2.78 bits per heavy atom. The van der Waals surface area contributed by atoms with Crippen molar-refractivity contribution >= 4 is 23.2 Å². The number of carbonyl (C=O) groups excluding carboxylic acids is 1. The minimum absolute atomic E-state index is 0.0581. The van der Waals surface area contributed by atoms with Crippen molar-refractivity contribution in [3.05, 3.63) is 95.3 Å². The summed E-state index contributed by atoms with van der Waals surface area (Å²) < 4.78 is 7.22. The summed E-state index contributed by atoms with van der Waals surface area (Å²) >= 11 is 6.17. The molecule has 4 rings (SSSR count). The second-order valence-electron chi connectivity index (χ2n) is 6.28. The van der Waals surface area contributed by atoms with Crippen molar-refractivity contribution in [3.8, 4) is 0 Å². The summed E-state index contributed by atoms with van der Waals surface area (Å²) in [5.74, 6) is 0.523. The van der Waals surface area contributed by atoms with Gasteiger partial charge in [-0.2, -0.15) is 0 Å². The van der Waals surface area contributed by atoms with Crippen LogP contribution in [0, 0.1) is 0 Å². The number of carbonyl (C=O) groups is 1. The van der Waals surface area contributed by atoms with Crippen molar-refractivity contribution in [1.82, 2.24) is 14.7 Å². The average Bonchev–Trinajstić information content (AvgIpc) is 3.35. The number of fused-ring (bicyclic) bond motifs is 1. The van der Waals surface area contributed by atoms with Crippen LogP contribution in [0.25, 0.3) is 5.65 Å². The second-order valence-corrected chi connectivity index (χ2v) is 6.72. The lowest BCUT2D eigenvalue weighted by Crippen LogP contribution is -2.25. The monoisotopic (exact) mass is 379 g/mol. The average molecular weight is 380 g/mol. The van der Waals surface area contributed by atoms with Crippen molar-refractivity contribution in [2.45, 2.75) is 18.9 Å². The van der Waals surface area contributed by atoms with Gasteiger partial charge >= 0.3 is 0 Å². The van der Waals surface area contributed by atoms with Gasteiger partial charge in [-0.15, -0.1) is 0 Å². The lowest BCUT2D eigenvalue weighted by atomic mass is 9.92. The predicted molar refractivity (Wildman–Crippen MR) is 104 cm³/mol. The van der Waals surface area contributed by atoms with E-state index in [1.165, 1.54) is 0 Å². The normalized spacial score (nSPS) is 12.2. The Bertz CT molecular complexity index is 1040. The number of nitrogens with one attached hydrogen (secondary N) is 1. The topological polar surface area (TPSA) is 59.5 Å². The highest BCUT2D eigenvalue weighted by Crippen LogP contribution is 2.29. The zero-order chi connectivity index (χ0) is 18.6. The fourth-order valence-electron chi connectivity index (χ4n) is 3.17. The molecular weight excluding hydrogens is 362 g/mol. The molecule has 0 aliphatic heterocycles. The molecule has 0 aliphatic rings. The molecule has 0 spiro atoms. The Balaban J connectivity index is 1.63. The van der Waals surface area contributed by atoms with Gasteiger partial charge in [0.1, 0.15) is 11.4 Å². The van der Waals surface area contributed by atoms with E-state index in [2.05, 4.69) is 10.3 Å². The van der Waals surface area contributed by atoms with Crippen molar-refractivity contribution < 1.29 is 9.21 Å². The minimum Gasteiger partial charge on any atom is -0.467 e. The number of halogens is 1. The van der Waals surface area contributed by atoms with Crippen LogP contribution in [0.4, 0.5) is 0 Å². The van der Waals surface area contributed by atoms with Crippen LogP contribution in [0.5, 0.6) is 0 Å². The first-order valence-corrected chi connectivity index (χ1v) is 9.05. The smallest absolute Gasteiger partial charge is 0.221 e. The number of hydrogen-bond acceptors (Lipinski definition) is 3. The summed E-state index contributed by atoms with van der Waals surface area (Å²) in [6.07, 6.45) is 5.53. The third-order valence-electron chi connectivity index (χ3n) is 4.49. The first kappa shape index (κ1) is 17.4. The number of nitrogens with zero attached hydrogens (tertiary/aromatic N) is 2. The van der Waals surface area contributed by atoms with E-state index in [9.17, 15) is 4.79 Å². The number of aromatic nitrogens is 2. The van der Waals surface area contributed by atoms with Gasteiger partial charge in [0.2, 0.25) is 5.91 Å². The van der Waals surface area contributed by atoms with E-state index in [0.717, 1.165) is 22.7 Å². The quantitative estimate of drug-likeness (QED) is 0.539. The van der Waals surface area contributed by atoms with Crippen molar-refractivity contribution in [2.75, 3.05) is 0 Å². The summed E-state index contributed by atoms with van der Waals surface area (Å²) in [4.78, 5) is 17.1. The standard InChI is InChI=1S/C21H18ClN3O2/c22-16-8-9-20-23-13-19(25(20)14-16)18(15-5-2-1-3-6-15)11-21(26)24-12-17-7-4-10-27-17/h1-10,13-14,18H,11-12H2,(H,24,26)/t18-/m0/s1. The van der Waals surface area contributed by atoms with Gasteiger partial charge in [-0.25, -0.2) is 4.98 Å². The molecule has 3 aromatic heterocycles. The van der Waals surface area contributed by atoms with E-state index in [4.69, 9.17) is 16.0 Å². The van der Waals surface area contributed by atoms with Crippen molar-refractivity contribution in [2.24, 2.45) is 0 Å². The van der Waals surface area contributed by atoms with Gasteiger partial charge in [0.15, 0.2) is 0 Å². The van der Waals surface area contributed by atoms with Crippen LogP contribution in [0.3, 0.4) is 0 Å². The van der Waals surface area contributed by atoms with Crippen LogP contribution in [-0.2, 0) is 11.3 Å². The van der Waals surface area contributed by atoms with Gasteiger partial charge in [-0.3, -0.25) is 4.79 Å². The molecule has 136 valence electrons. The van der Waals surface area contributed by atoms with E-state index >= 15 is 0 Å². The molecule has 1 N–H and O–H groups in total. The molecule has 0 saturated heterocycles. The number of furan rings is 1. The molecule has 0 radical (unpaired) electrons. The maximum atomic E-state index is 12.6. The molecule has 3 heterocycles. The molecule has 0 aliphatic carbocycles. The fraction of sp³-hybridized carbons (Fsp3) is 0.143. The number of benzene rings is 1. The molecule has 0 saturated carbocycles. The Morgan fingerprint density at radius 1 is 1.15 bits per heavy atom. The molecule has 5 nitrogen and oxygen atoms in total. The molecule has 6 heteroatoms. The third kappa shape index (κ3) is 3.88. The third-order valence-corrected chi connectivity index (χ3v) is 4.71. The molecular formula is C21H18ClN3O2. The molecule has 0 bridgehead atoms. The van der Waals surface area contributed by atoms with Crippen LogP contribution in [-0.4, -0.2) is 15.3 Å². The molecule has 1 atom stereocenters. The summed E-state index contributed by atoms with van der Waals surface area (Å²) in [7, 11) is 0. The first-order chi connectivity index (χ1) is 13.2. The fourth-order valence-corrected chi connectivity index (χ4v) is 3.33. The van der Waals surface area contributed by atoms with Crippen molar-refractivity contribution in [1.29, 1.82) is 0 Å². The van der Waals surface area contributed by atoms with Crippen LogP contribution in [0.15, 0.2) is 77.7 Å². The molecule has 4 aromatic rings. The largest absolute Gasteiger partial charge is 0.467 e. The van der Waals surface area contributed by atoms with Crippen LogP contribution < -0.4 is 5.32 Å². The number of amides is 1. The summed E-state index contributed by atoms with van der Waals surface area (Å²) in [6, 6.07) is 17.3. The zero-order valence-corrected chi connectivity index (χ0v) is 15.3. The molecule has 27 heavy (non-hydrogen) atoms. The predicted octanol–water partition coefficient (Wildman–Crippen LogP) is 4.42. The van der Waals surface area contributed by atoms with E-state index < -0.39 is 0 Å². The lowest BCUT2D eigenvalue weighted by molar-refractivity contribution is -0.121. The highest BCUT2D eigenvalue weighted by Gasteiger charge is 2.22. The van der Waals surface area contributed by atoms with Crippen LogP contribution in [0.1, 0.15) is 29.4 Å². The maximum Gasteiger partial charge on any atom is 0.221 e. The Morgan fingerprint density at radius 2 is 2.00 bits per heavy atom. The number of hydrogen-bond donors (Lipinski definition) is 1. The highest BCUT2D eigenvalue weighted by molar-refractivity contribution is 6.30. The Hall–Kier alpha value is -3.05. The van der Waals surface area contributed by atoms with Crippen LogP contribution in [0.2, 0.25) is 5.02 Å². The molecule has 0 unspecified atom stereocenters. The first-order valence-electron chi connectivity index (χ1n) is 8.67. The minimum atomic E-state index is -0.142. The van der Waals surface area contributed by atoms with Gasteiger partial charge in [0.05, 0.1) is 23.5 Å². The zero-order valence-electron chi connectivity index (χ0n) is 14.5. The number of pyridine rings is 1. The van der Waals surface area contributed by atoms with Gasteiger partial charge < -0.3 is 14.1 Å². The highest BCUT2D eigenvalue weighted by atomic mass is 35.5. The van der Waals surface area contributed by atoms with E-state index in [1.807, 2.05) is 59.3 Å². The van der Waals surface area contributed by atoms with E-state index in [0.29, 0.717) is 18.0 Å². The summed E-state index contributed by atoms with van der Waals surface area (Å²) in [5.41, 5.74) is 2.77. The maximum absolute atomic E-state index is 12.6. The molecule has 1 amide bonds. The summed E-state index contributed by atoms with van der Waals surface area (Å²) in [6.45, 7) is 0.367. The lowest BCUT2D eigenvalue weighted by Gasteiger charge is -2.17. The van der Waals surface area contributed by atoms with E-state index in [-0.39, 0.29) is 11.8 Å². The van der Waals surface area contributed by atoms with Gasteiger partial charge in [0, 0.05) is 24.7 Å². The molecule has 1 aromatic carbocycles. The Kier molecular flexibility index (Phi) is 4.94. The molecule has 0 fully saturated rings. The van der Waals surface area contributed by atoms with Gasteiger partial charge in [0.25, 0.3) is 0 Å². The van der Waals surface area contributed by atoms with Crippen LogP contribution >= 0.6 is 11.6 Å². The number of rotatable bonds is 6. The van der Waals surface area contributed by atoms with E-state index in [1.54, 1.807) is 18.4 Å². The SMILES string of the molecule is O=C(C[C@@H](c1ccccc1)c1cnc2ccc(Cl)cn12)NCc1ccco1. The van der Waals surface area contributed by atoms with Crippen molar-refractivity contribution in [3.63, 3.8) is 0 Å². The Labute approximate surface area is 161 Å². The van der Waals surface area contributed by atoms with Gasteiger partial charge in [-0.05, 0) is 29.8 Å². The number of imidazole rings is 1. The summed E-state index contributed by atoms with van der Waals surface area (Å²) in [5, 5.41) is 3.54.